The van der Waals surface area contributed by atoms with Crippen molar-refractivity contribution in [2.45, 2.75) is 11.5 Å². The Morgan fingerprint density at radius 1 is 1.44 bits per heavy atom. The zero-order valence-corrected chi connectivity index (χ0v) is 9.95. The molecule has 0 aromatic heterocycles. The molecule has 1 aromatic rings. The van der Waals surface area contributed by atoms with Crippen molar-refractivity contribution in [1.29, 1.82) is 0 Å². The first-order chi connectivity index (χ1) is 8.55. The van der Waals surface area contributed by atoms with Gasteiger partial charge in [-0.25, -0.2) is 8.78 Å². The Hall–Kier alpha value is -1.24. The summed E-state index contributed by atoms with van der Waals surface area (Å²) in [7, 11) is 1.26. The Kier molecular flexibility index (Phi) is 3.52. The highest BCUT2D eigenvalue weighted by Gasteiger charge is 2.47. The van der Waals surface area contributed by atoms with Crippen molar-refractivity contribution in [3.63, 3.8) is 0 Å². The van der Waals surface area contributed by atoms with Crippen molar-refractivity contribution in [3.8, 4) is 5.75 Å². The van der Waals surface area contributed by atoms with Crippen LogP contribution in [0.1, 0.15) is 5.56 Å². The monoisotopic (exact) mass is 259 g/mol. The van der Waals surface area contributed by atoms with Crippen LogP contribution in [0.25, 0.3) is 0 Å². The van der Waals surface area contributed by atoms with Gasteiger partial charge >= 0.3 is 0 Å². The molecule has 18 heavy (non-hydrogen) atoms. The van der Waals surface area contributed by atoms with Gasteiger partial charge in [-0.3, -0.25) is 0 Å². The second kappa shape index (κ2) is 4.79. The zero-order valence-electron chi connectivity index (χ0n) is 9.95. The van der Waals surface area contributed by atoms with Crippen molar-refractivity contribution in [2.24, 2.45) is 5.73 Å². The lowest BCUT2D eigenvalue weighted by Gasteiger charge is -2.45. The van der Waals surface area contributed by atoms with E-state index in [1.54, 1.807) is 0 Å². The van der Waals surface area contributed by atoms with Crippen molar-refractivity contribution in [3.05, 3.63) is 29.3 Å². The largest absolute Gasteiger partial charge is 0.494 e. The number of hydrogen-bond acceptors (Lipinski definition) is 4. The second-order valence-corrected chi connectivity index (χ2v) is 4.40. The average Bonchev–Trinajstić information content (AvgIpc) is 2.31. The molecule has 1 atom stereocenters. The molecule has 1 heterocycles. The summed E-state index contributed by atoms with van der Waals surface area (Å²) in [5.74, 6) is -1.44. The minimum atomic E-state index is -0.869. The number of hydrogen-bond donors (Lipinski definition) is 2. The lowest BCUT2D eigenvalue weighted by atomic mass is 9.72. The molecule has 4 nitrogen and oxygen atoms in total. The van der Waals surface area contributed by atoms with E-state index in [0.29, 0.717) is 0 Å². The van der Waals surface area contributed by atoms with Crippen molar-refractivity contribution in [2.75, 3.05) is 26.9 Å². The van der Waals surface area contributed by atoms with Crippen molar-refractivity contribution >= 4 is 0 Å². The van der Waals surface area contributed by atoms with Gasteiger partial charge in [0.25, 0.3) is 0 Å². The fourth-order valence-corrected chi connectivity index (χ4v) is 2.13. The van der Waals surface area contributed by atoms with Gasteiger partial charge in [-0.1, -0.05) is 0 Å². The molecule has 0 saturated carbocycles. The summed E-state index contributed by atoms with van der Waals surface area (Å²) in [6, 6.07) is 1.34. The van der Waals surface area contributed by atoms with Gasteiger partial charge in [0, 0.05) is 17.7 Å². The van der Waals surface area contributed by atoms with E-state index in [-0.39, 0.29) is 31.1 Å². The number of ether oxygens (including phenoxy) is 2. The molecule has 6 heteroatoms. The van der Waals surface area contributed by atoms with Crippen LogP contribution in [0.4, 0.5) is 8.78 Å². The van der Waals surface area contributed by atoms with E-state index in [1.165, 1.54) is 7.11 Å². The van der Waals surface area contributed by atoms with E-state index in [0.717, 1.165) is 12.1 Å². The van der Waals surface area contributed by atoms with Crippen LogP contribution in [-0.4, -0.2) is 38.1 Å². The van der Waals surface area contributed by atoms with Gasteiger partial charge in [-0.05, 0) is 6.07 Å². The second-order valence-electron chi connectivity index (χ2n) is 4.40. The molecule has 0 amide bonds. The van der Waals surface area contributed by atoms with E-state index in [1.807, 2.05) is 0 Å². The maximum absolute atomic E-state index is 14.0. The summed E-state index contributed by atoms with van der Waals surface area (Å²) >= 11 is 0. The molecular formula is C12H15F2NO3. The van der Waals surface area contributed by atoms with Gasteiger partial charge in [0.05, 0.1) is 32.3 Å². The SMILES string of the molecule is COc1cc(F)c(C2(C(N)CO)COC2)cc1F. The number of aliphatic hydroxyl groups excluding tert-OH is 1. The average molecular weight is 259 g/mol. The molecule has 1 unspecified atom stereocenters. The Morgan fingerprint density at radius 2 is 2.11 bits per heavy atom. The normalized spacial score (nSPS) is 19.2. The highest BCUT2D eigenvalue weighted by molar-refractivity contribution is 5.38. The zero-order chi connectivity index (χ0) is 13.3. The quantitative estimate of drug-likeness (QED) is 0.829. The number of rotatable bonds is 4. The first-order valence-electron chi connectivity index (χ1n) is 5.53. The molecule has 1 saturated heterocycles. The minimum absolute atomic E-state index is 0.119. The summed E-state index contributed by atoms with van der Waals surface area (Å²) < 4.78 is 37.4. The van der Waals surface area contributed by atoms with Gasteiger partial charge in [-0.2, -0.15) is 0 Å². The number of benzene rings is 1. The molecule has 1 aliphatic heterocycles. The first-order valence-corrected chi connectivity index (χ1v) is 5.53. The molecule has 0 radical (unpaired) electrons. The summed E-state index contributed by atoms with van der Waals surface area (Å²) in [6.07, 6.45) is 0. The van der Waals surface area contributed by atoms with Crippen molar-refractivity contribution in [1.82, 2.24) is 0 Å². The van der Waals surface area contributed by atoms with Crippen LogP contribution in [0.2, 0.25) is 0 Å². The predicted molar refractivity (Wildman–Crippen MR) is 60.5 cm³/mol. The fourth-order valence-electron chi connectivity index (χ4n) is 2.13. The third kappa shape index (κ3) is 1.86. The van der Waals surface area contributed by atoms with Crippen molar-refractivity contribution < 1.29 is 23.4 Å². The highest BCUT2D eigenvalue weighted by atomic mass is 19.1. The standard InChI is InChI=1S/C12H15F2NO3/c1-17-10-3-8(13)7(2-9(10)14)12(5-18-6-12)11(15)4-16/h2-3,11,16H,4-6,15H2,1H3. The van der Waals surface area contributed by atoms with Gasteiger partial charge in [0.2, 0.25) is 0 Å². The molecule has 2 rings (SSSR count). The first kappa shape index (κ1) is 13.2. The topological polar surface area (TPSA) is 64.7 Å². The van der Waals surface area contributed by atoms with Crippen LogP contribution in [0.3, 0.4) is 0 Å². The number of halogens is 2. The lowest BCUT2D eigenvalue weighted by molar-refractivity contribution is -0.0815. The molecule has 3 N–H and O–H groups in total. The Bertz CT molecular complexity index is 449. The number of methoxy groups -OCH3 is 1. The van der Waals surface area contributed by atoms with Crippen LogP contribution in [-0.2, 0) is 10.2 Å². The van der Waals surface area contributed by atoms with Crippen LogP contribution >= 0.6 is 0 Å². The Balaban J connectivity index is 2.46. The molecule has 0 bridgehead atoms. The van der Waals surface area contributed by atoms with E-state index in [4.69, 9.17) is 20.3 Å². The summed E-state index contributed by atoms with van der Waals surface area (Å²) in [5.41, 5.74) is 5.03. The molecule has 0 spiro atoms. The van der Waals surface area contributed by atoms with Crippen LogP contribution < -0.4 is 10.5 Å². The molecular weight excluding hydrogens is 244 g/mol. The summed E-state index contributed by atoms with van der Waals surface area (Å²) in [6.45, 7) is 0.00524. The van der Waals surface area contributed by atoms with E-state index < -0.39 is 23.1 Å². The Labute approximate surface area is 103 Å². The minimum Gasteiger partial charge on any atom is -0.494 e. The van der Waals surface area contributed by atoms with Gasteiger partial charge in [0.1, 0.15) is 5.82 Å². The van der Waals surface area contributed by atoms with E-state index >= 15 is 0 Å². The predicted octanol–water partition coefficient (Wildman–Crippen LogP) is 0.561. The third-order valence-corrected chi connectivity index (χ3v) is 3.40. The van der Waals surface area contributed by atoms with Crippen LogP contribution in [0.15, 0.2) is 12.1 Å². The third-order valence-electron chi connectivity index (χ3n) is 3.40. The maximum Gasteiger partial charge on any atom is 0.165 e. The van der Waals surface area contributed by atoms with E-state index in [2.05, 4.69) is 0 Å². The molecule has 100 valence electrons. The summed E-state index contributed by atoms with van der Waals surface area (Å²) in [5, 5.41) is 9.14. The van der Waals surface area contributed by atoms with Gasteiger partial charge < -0.3 is 20.3 Å². The fraction of sp³-hybridized carbons (Fsp3) is 0.500. The van der Waals surface area contributed by atoms with E-state index in [9.17, 15) is 8.78 Å². The summed E-state index contributed by atoms with van der Waals surface area (Å²) in [4.78, 5) is 0. The van der Waals surface area contributed by atoms with Gasteiger partial charge in [0.15, 0.2) is 11.6 Å². The number of aliphatic hydroxyl groups is 1. The van der Waals surface area contributed by atoms with Crippen LogP contribution in [0, 0.1) is 11.6 Å². The molecule has 1 aromatic carbocycles. The molecule has 1 fully saturated rings. The maximum atomic E-state index is 14.0. The van der Waals surface area contributed by atoms with Crippen LogP contribution in [0.5, 0.6) is 5.75 Å². The Morgan fingerprint density at radius 3 is 2.56 bits per heavy atom. The lowest BCUT2D eigenvalue weighted by Crippen LogP contribution is -2.60. The number of nitrogens with two attached hydrogens (primary N) is 1. The van der Waals surface area contributed by atoms with Gasteiger partial charge in [-0.15, -0.1) is 0 Å². The molecule has 0 aliphatic carbocycles. The molecule has 1 aliphatic rings. The smallest absolute Gasteiger partial charge is 0.165 e. The highest BCUT2D eigenvalue weighted by Crippen LogP contribution is 2.38.